The number of carbonyl (C=O) groups excluding carboxylic acids is 1. The molecular formula is C12H22N2O4. The number of hydrogen-bond donors (Lipinski definition) is 2. The Labute approximate surface area is 107 Å². The molecule has 2 atom stereocenters. The van der Waals surface area contributed by atoms with Gasteiger partial charge in [0.05, 0.1) is 5.92 Å². The van der Waals surface area contributed by atoms with Crippen LogP contribution >= 0.6 is 0 Å². The minimum Gasteiger partial charge on any atom is -0.481 e. The molecule has 18 heavy (non-hydrogen) atoms. The zero-order valence-electron chi connectivity index (χ0n) is 11.4. The Bertz CT molecular complexity index is 325. The molecule has 2 unspecified atom stereocenters. The first-order chi connectivity index (χ1) is 8.24. The Balaban J connectivity index is 2.62. The van der Waals surface area contributed by atoms with Crippen LogP contribution in [-0.4, -0.2) is 53.8 Å². The summed E-state index contributed by atoms with van der Waals surface area (Å²) in [5.41, 5.74) is -0.532. The fourth-order valence-electron chi connectivity index (χ4n) is 2.03. The highest BCUT2D eigenvalue weighted by Gasteiger charge is 2.36. The smallest absolute Gasteiger partial charge is 0.410 e. The van der Waals surface area contributed by atoms with Gasteiger partial charge < -0.3 is 20.1 Å². The number of carboxylic acids is 1. The lowest BCUT2D eigenvalue weighted by atomic mass is 9.92. The normalized spacial score (nSPS) is 24.8. The summed E-state index contributed by atoms with van der Waals surface area (Å²) in [6.45, 7) is 6.21. The van der Waals surface area contributed by atoms with Crippen molar-refractivity contribution in [3.05, 3.63) is 0 Å². The second-order valence-electron chi connectivity index (χ2n) is 5.55. The van der Waals surface area contributed by atoms with Gasteiger partial charge in [0.2, 0.25) is 0 Å². The Morgan fingerprint density at radius 2 is 2.00 bits per heavy atom. The van der Waals surface area contributed by atoms with Crippen LogP contribution in [-0.2, 0) is 9.53 Å². The van der Waals surface area contributed by atoms with E-state index in [1.807, 2.05) is 20.8 Å². The van der Waals surface area contributed by atoms with E-state index in [1.165, 1.54) is 0 Å². The SMILES string of the molecule is CNC1CN(C(=O)OC(C)(C)C)CCC1C(=O)O. The Morgan fingerprint density at radius 1 is 1.39 bits per heavy atom. The topological polar surface area (TPSA) is 78.9 Å². The number of aliphatic carboxylic acids is 1. The van der Waals surface area contributed by atoms with Crippen LogP contribution in [0.15, 0.2) is 0 Å². The van der Waals surface area contributed by atoms with Crippen LogP contribution in [0, 0.1) is 5.92 Å². The monoisotopic (exact) mass is 258 g/mol. The molecule has 0 radical (unpaired) electrons. The van der Waals surface area contributed by atoms with E-state index in [4.69, 9.17) is 9.84 Å². The van der Waals surface area contributed by atoms with E-state index >= 15 is 0 Å². The number of likely N-dealkylation sites (tertiary alicyclic amines) is 1. The first-order valence-electron chi connectivity index (χ1n) is 6.12. The number of carbonyl (C=O) groups is 2. The minimum atomic E-state index is -0.821. The molecule has 1 aliphatic heterocycles. The summed E-state index contributed by atoms with van der Waals surface area (Å²) in [5.74, 6) is -1.27. The lowest BCUT2D eigenvalue weighted by Crippen LogP contribution is -2.54. The van der Waals surface area contributed by atoms with Crippen molar-refractivity contribution in [2.24, 2.45) is 5.92 Å². The van der Waals surface area contributed by atoms with Crippen LogP contribution in [0.4, 0.5) is 4.79 Å². The fourth-order valence-corrected chi connectivity index (χ4v) is 2.03. The van der Waals surface area contributed by atoms with E-state index in [-0.39, 0.29) is 12.1 Å². The molecular weight excluding hydrogens is 236 g/mol. The van der Waals surface area contributed by atoms with Crippen molar-refractivity contribution in [3.8, 4) is 0 Å². The molecule has 0 aliphatic carbocycles. The van der Waals surface area contributed by atoms with E-state index in [9.17, 15) is 9.59 Å². The molecule has 0 aromatic heterocycles. The second kappa shape index (κ2) is 5.56. The molecule has 0 bridgehead atoms. The van der Waals surface area contributed by atoms with Crippen molar-refractivity contribution < 1.29 is 19.4 Å². The van der Waals surface area contributed by atoms with Crippen LogP contribution in [0.3, 0.4) is 0 Å². The van der Waals surface area contributed by atoms with E-state index in [0.29, 0.717) is 19.5 Å². The number of ether oxygens (including phenoxy) is 1. The van der Waals surface area contributed by atoms with E-state index in [2.05, 4.69) is 5.32 Å². The molecule has 2 N–H and O–H groups in total. The van der Waals surface area contributed by atoms with Gasteiger partial charge in [-0.25, -0.2) is 4.79 Å². The summed E-state index contributed by atoms with van der Waals surface area (Å²) in [5, 5.41) is 12.0. The molecule has 0 aromatic rings. The molecule has 0 spiro atoms. The Morgan fingerprint density at radius 3 is 2.44 bits per heavy atom. The summed E-state index contributed by atoms with van der Waals surface area (Å²) in [4.78, 5) is 24.5. The molecule has 104 valence electrons. The highest BCUT2D eigenvalue weighted by molar-refractivity contribution is 5.73. The number of piperidine rings is 1. The quantitative estimate of drug-likeness (QED) is 0.770. The van der Waals surface area contributed by atoms with Crippen LogP contribution in [0.5, 0.6) is 0 Å². The van der Waals surface area contributed by atoms with Crippen molar-refractivity contribution in [2.75, 3.05) is 20.1 Å². The van der Waals surface area contributed by atoms with Crippen molar-refractivity contribution in [2.45, 2.75) is 38.8 Å². The van der Waals surface area contributed by atoms with E-state index < -0.39 is 17.5 Å². The molecule has 0 saturated carbocycles. The van der Waals surface area contributed by atoms with E-state index in [0.717, 1.165) is 0 Å². The van der Waals surface area contributed by atoms with Crippen LogP contribution in [0.2, 0.25) is 0 Å². The van der Waals surface area contributed by atoms with Gasteiger partial charge in [0.15, 0.2) is 0 Å². The van der Waals surface area contributed by atoms with Crippen molar-refractivity contribution >= 4 is 12.1 Å². The van der Waals surface area contributed by atoms with Crippen molar-refractivity contribution in [1.82, 2.24) is 10.2 Å². The van der Waals surface area contributed by atoms with Gasteiger partial charge in [0, 0.05) is 19.1 Å². The zero-order valence-corrected chi connectivity index (χ0v) is 11.4. The maximum atomic E-state index is 11.9. The summed E-state index contributed by atoms with van der Waals surface area (Å²) in [6, 6.07) is -0.233. The standard InChI is InChI=1S/C12H22N2O4/c1-12(2,3)18-11(17)14-6-5-8(10(15)16)9(7-14)13-4/h8-9,13H,5-7H2,1-4H3,(H,15,16). The average molecular weight is 258 g/mol. The van der Waals surface area contributed by atoms with Gasteiger partial charge in [-0.05, 0) is 34.2 Å². The Kier molecular flexibility index (Phi) is 4.56. The molecule has 1 rings (SSSR count). The van der Waals surface area contributed by atoms with Gasteiger partial charge in [0.25, 0.3) is 0 Å². The van der Waals surface area contributed by atoms with Gasteiger partial charge in [-0.1, -0.05) is 0 Å². The van der Waals surface area contributed by atoms with Gasteiger partial charge in [-0.3, -0.25) is 4.79 Å². The number of amides is 1. The second-order valence-corrected chi connectivity index (χ2v) is 5.55. The fraction of sp³-hybridized carbons (Fsp3) is 0.833. The molecule has 1 saturated heterocycles. The number of nitrogens with one attached hydrogen (secondary N) is 1. The molecule has 6 heteroatoms. The van der Waals surface area contributed by atoms with Gasteiger partial charge in [-0.15, -0.1) is 0 Å². The van der Waals surface area contributed by atoms with Crippen LogP contribution in [0.1, 0.15) is 27.2 Å². The van der Waals surface area contributed by atoms with Gasteiger partial charge >= 0.3 is 12.1 Å². The Hall–Kier alpha value is -1.30. The van der Waals surface area contributed by atoms with Crippen molar-refractivity contribution in [3.63, 3.8) is 0 Å². The number of likely N-dealkylation sites (N-methyl/N-ethyl adjacent to an activating group) is 1. The molecule has 1 heterocycles. The number of rotatable bonds is 2. The molecule has 0 aromatic carbocycles. The van der Waals surface area contributed by atoms with Crippen LogP contribution < -0.4 is 5.32 Å². The number of carboxylic acid groups (broad SMARTS) is 1. The first kappa shape index (κ1) is 14.8. The number of nitrogens with zero attached hydrogens (tertiary/aromatic N) is 1. The van der Waals surface area contributed by atoms with Gasteiger partial charge in [0.1, 0.15) is 5.60 Å². The minimum absolute atomic E-state index is 0.233. The van der Waals surface area contributed by atoms with Gasteiger partial charge in [-0.2, -0.15) is 0 Å². The number of hydrogen-bond acceptors (Lipinski definition) is 4. The highest BCUT2D eigenvalue weighted by atomic mass is 16.6. The molecule has 1 fully saturated rings. The van der Waals surface area contributed by atoms with Crippen molar-refractivity contribution in [1.29, 1.82) is 0 Å². The predicted octanol–water partition coefficient (Wildman–Crippen LogP) is 0.916. The molecule has 1 amide bonds. The maximum Gasteiger partial charge on any atom is 0.410 e. The lowest BCUT2D eigenvalue weighted by molar-refractivity contribution is -0.144. The zero-order chi connectivity index (χ0) is 13.9. The maximum absolute atomic E-state index is 11.9. The highest BCUT2D eigenvalue weighted by Crippen LogP contribution is 2.20. The summed E-state index contributed by atoms with van der Waals surface area (Å²) in [6.07, 6.45) is 0.0617. The average Bonchev–Trinajstić information content (AvgIpc) is 2.25. The third kappa shape index (κ3) is 3.87. The molecule has 6 nitrogen and oxygen atoms in total. The van der Waals surface area contributed by atoms with E-state index in [1.54, 1.807) is 11.9 Å². The first-order valence-corrected chi connectivity index (χ1v) is 6.12. The summed E-state index contributed by atoms with van der Waals surface area (Å²) >= 11 is 0. The largest absolute Gasteiger partial charge is 0.481 e. The third-order valence-electron chi connectivity index (χ3n) is 2.95. The summed E-state index contributed by atoms with van der Waals surface area (Å²) in [7, 11) is 1.71. The third-order valence-corrected chi connectivity index (χ3v) is 2.95. The van der Waals surface area contributed by atoms with Crippen LogP contribution in [0.25, 0.3) is 0 Å². The molecule has 1 aliphatic rings. The predicted molar refractivity (Wildman–Crippen MR) is 66.4 cm³/mol. The summed E-state index contributed by atoms with van der Waals surface area (Å²) < 4.78 is 5.28. The lowest BCUT2D eigenvalue weighted by Gasteiger charge is -2.37.